The van der Waals surface area contributed by atoms with Gasteiger partial charge in [0.05, 0.1) is 0 Å². The molecule has 2 atom stereocenters. The topological polar surface area (TPSA) is 46.1 Å². The van der Waals surface area contributed by atoms with Gasteiger partial charge in [-0.15, -0.1) is 6.61 Å². The van der Waals surface area contributed by atoms with Crippen LogP contribution in [0.2, 0.25) is 0 Å². The standard InChI is InChI=1S/C10H10O2.2Li/c11-7-9-6-10(9,12)8-4-2-1-3-5-8;;/h1-5,9H,6-7H2;;/q-2;2*+1/t9-,10+;;/m0../s1. The van der Waals surface area contributed by atoms with Gasteiger partial charge in [0.2, 0.25) is 0 Å². The van der Waals surface area contributed by atoms with Crippen molar-refractivity contribution in [2.24, 2.45) is 5.92 Å². The number of hydrogen-bond acceptors (Lipinski definition) is 2. The maximum absolute atomic E-state index is 11.8. The van der Waals surface area contributed by atoms with Gasteiger partial charge >= 0.3 is 37.7 Å². The van der Waals surface area contributed by atoms with Crippen LogP contribution in [-0.2, 0) is 5.60 Å². The van der Waals surface area contributed by atoms with Gasteiger partial charge in [-0.05, 0) is 0 Å². The second-order valence-electron chi connectivity index (χ2n) is 3.32. The molecule has 0 heterocycles. The molecule has 0 bridgehead atoms. The number of benzene rings is 1. The fourth-order valence-electron chi connectivity index (χ4n) is 1.57. The minimum Gasteiger partial charge on any atom is -0.854 e. The molecule has 1 fully saturated rings. The molecule has 2 rings (SSSR count). The van der Waals surface area contributed by atoms with Crippen molar-refractivity contribution < 1.29 is 47.9 Å². The van der Waals surface area contributed by atoms with Crippen molar-refractivity contribution in [1.82, 2.24) is 0 Å². The Bertz CT molecular complexity index is 279. The summed E-state index contributed by atoms with van der Waals surface area (Å²) in [4.78, 5) is 0. The van der Waals surface area contributed by atoms with Gasteiger partial charge in [0, 0.05) is 0 Å². The summed E-state index contributed by atoms with van der Waals surface area (Å²) in [5.74, 6) is -0.181. The summed E-state index contributed by atoms with van der Waals surface area (Å²) in [5, 5.41) is 22.3. The Morgan fingerprint density at radius 3 is 2.21 bits per heavy atom. The Hall–Kier alpha value is 0.335. The minimum absolute atomic E-state index is 0. The molecular weight excluding hydrogens is 166 g/mol. The van der Waals surface area contributed by atoms with Gasteiger partial charge in [-0.2, -0.15) is 0 Å². The van der Waals surface area contributed by atoms with E-state index in [9.17, 15) is 10.2 Å². The summed E-state index contributed by atoms with van der Waals surface area (Å²) in [5.41, 5.74) is -0.283. The summed E-state index contributed by atoms with van der Waals surface area (Å²) >= 11 is 0. The van der Waals surface area contributed by atoms with E-state index < -0.39 is 5.60 Å². The smallest absolute Gasteiger partial charge is 0.854 e. The molecule has 0 aromatic heterocycles. The summed E-state index contributed by atoms with van der Waals surface area (Å²) < 4.78 is 0. The van der Waals surface area contributed by atoms with Gasteiger partial charge < -0.3 is 10.2 Å². The molecule has 2 nitrogen and oxygen atoms in total. The van der Waals surface area contributed by atoms with Crippen molar-refractivity contribution in [3.63, 3.8) is 0 Å². The van der Waals surface area contributed by atoms with Crippen molar-refractivity contribution >= 4 is 0 Å². The van der Waals surface area contributed by atoms with E-state index in [2.05, 4.69) is 0 Å². The molecule has 0 amide bonds. The zero-order chi connectivity index (χ0) is 8.60. The first-order valence-corrected chi connectivity index (χ1v) is 4.11. The average Bonchev–Trinajstić information content (AvgIpc) is 2.81. The molecule has 1 saturated carbocycles. The van der Waals surface area contributed by atoms with Gasteiger partial charge in [0.25, 0.3) is 0 Å². The van der Waals surface area contributed by atoms with E-state index in [0.717, 1.165) is 5.56 Å². The first kappa shape index (κ1) is 14.3. The summed E-state index contributed by atoms with van der Waals surface area (Å²) in [6.07, 6.45) is 0.514. The molecule has 4 heteroatoms. The van der Waals surface area contributed by atoms with Crippen molar-refractivity contribution in [3.05, 3.63) is 35.9 Å². The van der Waals surface area contributed by atoms with E-state index in [-0.39, 0.29) is 50.2 Å². The predicted molar refractivity (Wildman–Crippen MR) is 41.1 cm³/mol. The molecule has 0 radical (unpaired) electrons. The summed E-state index contributed by atoms with van der Waals surface area (Å²) in [6.45, 7) is -0.238. The predicted octanol–water partition coefficient (Wildman–Crippen LogP) is -6.37. The summed E-state index contributed by atoms with van der Waals surface area (Å²) in [7, 11) is 0. The molecule has 1 aliphatic rings. The van der Waals surface area contributed by atoms with Crippen LogP contribution in [0.4, 0.5) is 0 Å². The van der Waals surface area contributed by atoms with Crippen molar-refractivity contribution in [1.29, 1.82) is 0 Å². The van der Waals surface area contributed by atoms with Crippen molar-refractivity contribution in [2.45, 2.75) is 12.0 Å². The van der Waals surface area contributed by atoms with Crippen LogP contribution in [-0.4, -0.2) is 6.61 Å². The van der Waals surface area contributed by atoms with E-state index >= 15 is 0 Å². The third-order valence-electron chi connectivity index (χ3n) is 2.51. The molecule has 1 aliphatic carbocycles. The largest absolute Gasteiger partial charge is 1.00 e. The zero-order valence-corrected chi connectivity index (χ0v) is 8.69. The maximum atomic E-state index is 11.8. The third kappa shape index (κ3) is 2.47. The summed E-state index contributed by atoms with van der Waals surface area (Å²) in [6, 6.07) is 9.18. The van der Waals surface area contributed by atoms with Gasteiger partial charge in [0.15, 0.2) is 0 Å². The van der Waals surface area contributed by atoms with Gasteiger partial charge in [-0.1, -0.05) is 53.8 Å². The first-order chi connectivity index (χ1) is 5.77. The van der Waals surface area contributed by atoms with Crippen LogP contribution in [0.3, 0.4) is 0 Å². The molecule has 0 unspecified atom stereocenters. The Morgan fingerprint density at radius 2 is 1.79 bits per heavy atom. The first-order valence-electron chi connectivity index (χ1n) is 4.11. The number of rotatable bonds is 2. The van der Waals surface area contributed by atoms with E-state index in [1.54, 1.807) is 0 Å². The molecule has 0 N–H and O–H groups in total. The molecule has 1 aromatic carbocycles. The molecule has 14 heavy (non-hydrogen) atoms. The van der Waals surface area contributed by atoms with Crippen LogP contribution in [0.1, 0.15) is 12.0 Å². The third-order valence-corrected chi connectivity index (χ3v) is 2.51. The second kappa shape index (κ2) is 5.43. The molecule has 64 valence electrons. The maximum Gasteiger partial charge on any atom is 1.00 e. The molecule has 0 saturated heterocycles. The Kier molecular flexibility index (Phi) is 5.56. The van der Waals surface area contributed by atoms with Gasteiger partial charge in [-0.25, -0.2) is 0 Å². The molecule has 0 aliphatic heterocycles. The monoisotopic (exact) mass is 176 g/mol. The van der Waals surface area contributed by atoms with Crippen molar-refractivity contribution in [3.8, 4) is 0 Å². The van der Waals surface area contributed by atoms with Crippen LogP contribution >= 0.6 is 0 Å². The van der Waals surface area contributed by atoms with Gasteiger partial charge in [-0.3, -0.25) is 0 Å². The van der Waals surface area contributed by atoms with Gasteiger partial charge in [0.1, 0.15) is 0 Å². The van der Waals surface area contributed by atoms with E-state index in [1.165, 1.54) is 0 Å². The van der Waals surface area contributed by atoms with Crippen LogP contribution in [0, 0.1) is 5.92 Å². The van der Waals surface area contributed by atoms with Crippen LogP contribution in [0.25, 0.3) is 0 Å². The molecule has 0 spiro atoms. The zero-order valence-electron chi connectivity index (χ0n) is 8.69. The normalized spacial score (nSPS) is 28.6. The Labute approximate surface area is 108 Å². The average molecular weight is 176 g/mol. The SMILES string of the molecule is [Li+].[Li+].[O-]C[C@@H]1C[C@@]1([O-])c1ccccc1. The van der Waals surface area contributed by atoms with Crippen LogP contribution in [0.15, 0.2) is 30.3 Å². The van der Waals surface area contributed by atoms with Crippen LogP contribution < -0.4 is 47.9 Å². The Morgan fingerprint density at radius 1 is 1.21 bits per heavy atom. The van der Waals surface area contributed by atoms with Crippen molar-refractivity contribution in [2.75, 3.05) is 6.61 Å². The fourth-order valence-corrected chi connectivity index (χ4v) is 1.57. The molecule has 1 aromatic rings. The second-order valence-corrected chi connectivity index (χ2v) is 3.32. The number of hydrogen-bond donors (Lipinski definition) is 0. The minimum atomic E-state index is -1.05. The van der Waals surface area contributed by atoms with E-state index in [1.807, 2.05) is 30.3 Å². The Balaban J connectivity index is 0.000000845. The van der Waals surface area contributed by atoms with Crippen LogP contribution in [0.5, 0.6) is 0 Å². The quantitative estimate of drug-likeness (QED) is 0.421. The fraction of sp³-hybridized carbons (Fsp3) is 0.400. The van der Waals surface area contributed by atoms with E-state index in [4.69, 9.17) is 0 Å². The molecular formula is C10H10Li2O2. The van der Waals surface area contributed by atoms with E-state index in [0.29, 0.717) is 6.42 Å².